The lowest BCUT2D eigenvalue weighted by molar-refractivity contribution is 0.122. The van der Waals surface area contributed by atoms with E-state index >= 15 is 0 Å². The average molecular weight is 435 g/mol. The molecule has 1 fully saturated rings. The number of fused-ring (bicyclic) bond motifs is 2. The van der Waals surface area contributed by atoms with E-state index in [1.165, 1.54) is 16.7 Å². The van der Waals surface area contributed by atoms with Crippen molar-refractivity contribution in [2.24, 2.45) is 0 Å². The van der Waals surface area contributed by atoms with Gasteiger partial charge in [0.2, 0.25) is 6.79 Å². The van der Waals surface area contributed by atoms with Crippen molar-refractivity contribution < 1.29 is 13.9 Å². The van der Waals surface area contributed by atoms with E-state index in [1.54, 1.807) is 6.07 Å². The van der Waals surface area contributed by atoms with Gasteiger partial charge < -0.3 is 13.9 Å². The van der Waals surface area contributed by atoms with E-state index in [0.29, 0.717) is 18.3 Å². The first-order chi connectivity index (χ1) is 15.5. The molecule has 3 heterocycles. The lowest BCUT2D eigenvalue weighted by Crippen LogP contribution is -2.45. The van der Waals surface area contributed by atoms with Crippen molar-refractivity contribution in [2.75, 3.05) is 33.0 Å². The van der Waals surface area contributed by atoms with Crippen molar-refractivity contribution in [1.29, 1.82) is 0 Å². The van der Waals surface area contributed by atoms with Crippen LogP contribution in [0.25, 0.3) is 11.0 Å². The zero-order valence-corrected chi connectivity index (χ0v) is 19.0. The van der Waals surface area contributed by atoms with Gasteiger partial charge in [0.1, 0.15) is 5.58 Å². The molecule has 6 heteroatoms. The zero-order chi connectivity index (χ0) is 22.2. The van der Waals surface area contributed by atoms with Gasteiger partial charge in [-0.25, -0.2) is 4.79 Å². The summed E-state index contributed by atoms with van der Waals surface area (Å²) in [5.41, 5.74) is 5.20. The molecule has 0 unspecified atom stereocenters. The van der Waals surface area contributed by atoms with E-state index in [0.717, 1.165) is 61.7 Å². The summed E-state index contributed by atoms with van der Waals surface area (Å²) >= 11 is 0. The van der Waals surface area contributed by atoms with Crippen molar-refractivity contribution in [2.45, 2.75) is 39.8 Å². The monoisotopic (exact) mass is 434 g/mol. The van der Waals surface area contributed by atoms with Crippen LogP contribution in [0.2, 0.25) is 0 Å². The van der Waals surface area contributed by atoms with Crippen LogP contribution in [0.1, 0.15) is 42.0 Å². The predicted molar refractivity (Wildman–Crippen MR) is 124 cm³/mol. The first kappa shape index (κ1) is 21.0. The second-order valence-electron chi connectivity index (χ2n) is 9.19. The van der Waals surface area contributed by atoms with Gasteiger partial charge in [-0.05, 0) is 59.4 Å². The van der Waals surface area contributed by atoms with E-state index in [-0.39, 0.29) is 5.63 Å². The number of piperazine rings is 1. The van der Waals surface area contributed by atoms with Crippen molar-refractivity contribution in [3.63, 3.8) is 0 Å². The smallest absolute Gasteiger partial charge is 0.336 e. The highest BCUT2D eigenvalue weighted by Gasteiger charge is 2.20. The molecule has 0 amide bonds. The van der Waals surface area contributed by atoms with Gasteiger partial charge in [-0.2, -0.15) is 0 Å². The van der Waals surface area contributed by atoms with Crippen LogP contribution < -0.4 is 15.1 Å². The van der Waals surface area contributed by atoms with E-state index in [9.17, 15) is 4.79 Å². The van der Waals surface area contributed by atoms with Gasteiger partial charge in [-0.15, -0.1) is 0 Å². The molecule has 0 spiro atoms. The molecule has 0 atom stereocenters. The highest BCUT2D eigenvalue weighted by molar-refractivity contribution is 5.82. The van der Waals surface area contributed by atoms with E-state index in [2.05, 4.69) is 48.8 Å². The van der Waals surface area contributed by atoms with Gasteiger partial charge in [0.25, 0.3) is 0 Å². The molecule has 32 heavy (non-hydrogen) atoms. The Morgan fingerprint density at radius 1 is 0.906 bits per heavy atom. The number of ether oxygens (including phenoxy) is 2. The summed E-state index contributed by atoms with van der Waals surface area (Å²) < 4.78 is 16.4. The molecular weight excluding hydrogens is 404 g/mol. The summed E-state index contributed by atoms with van der Waals surface area (Å²) in [6.07, 6.45) is 0. The molecule has 1 saturated heterocycles. The van der Waals surface area contributed by atoms with Crippen LogP contribution in [0.5, 0.6) is 11.5 Å². The third-order valence-corrected chi connectivity index (χ3v) is 6.54. The number of rotatable bonds is 5. The summed E-state index contributed by atoms with van der Waals surface area (Å²) in [6, 6.07) is 12.1. The Labute approximate surface area is 188 Å². The largest absolute Gasteiger partial charge is 0.454 e. The van der Waals surface area contributed by atoms with Crippen LogP contribution >= 0.6 is 0 Å². The van der Waals surface area contributed by atoms with Crippen LogP contribution in [0.15, 0.2) is 45.6 Å². The summed E-state index contributed by atoms with van der Waals surface area (Å²) in [5, 5.41) is 1.06. The van der Waals surface area contributed by atoms with Crippen LogP contribution in [0, 0.1) is 6.92 Å². The third-order valence-electron chi connectivity index (χ3n) is 6.54. The molecular formula is C26H30N2O4. The number of hydrogen-bond donors (Lipinski definition) is 0. The molecule has 3 aromatic rings. The maximum Gasteiger partial charge on any atom is 0.336 e. The van der Waals surface area contributed by atoms with E-state index in [1.807, 2.05) is 12.1 Å². The SMILES string of the molecule is Cc1cc2oc(=O)cc(CN3CCN(Cc4ccc5c(c4)OCO5)CC3)c2cc1C(C)C. The number of aryl methyl sites for hydroxylation is 1. The fourth-order valence-corrected chi connectivity index (χ4v) is 4.79. The maximum absolute atomic E-state index is 12.2. The molecule has 0 saturated carbocycles. The van der Waals surface area contributed by atoms with Gasteiger partial charge in [-0.3, -0.25) is 9.80 Å². The van der Waals surface area contributed by atoms with Gasteiger partial charge in [-0.1, -0.05) is 19.9 Å². The lowest BCUT2D eigenvalue weighted by atomic mass is 9.95. The first-order valence-corrected chi connectivity index (χ1v) is 11.4. The first-order valence-electron chi connectivity index (χ1n) is 11.4. The van der Waals surface area contributed by atoms with Crippen LogP contribution in [-0.2, 0) is 13.1 Å². The molecule has 0 aliphatic carbocycles. The van der Waals surface area contributed by atoms with Crippen LogP contribution in [0.3, 0.4) is 0 Å². The summed E-state index contributed by atoms with van der Waals surface area (Å²) in [6.45, 7) is 12.4. The molecule has 2 aliphatic heterocycles. The topological polar surface area (TPSA) is 55.2 Å². The van der Waals surface area contributed by atoms with Gasteiger partial charge in [0.15, 0.2) is 11.5 Å². The van der Waals surface area contributed by atoms with Gasteiger partial charge in [0, 0.05) is 50.7 Å². The molecule has 0 N–H and O–H groups in total. The number of hydrogen-bond acceptors (Lipinski definition) is 6. The minimum atomic E-state index is -0.273. The second-order valence-corrected chi connectivity index (χ2v) is 9.19. The normalized spacial score (nSPS) is 16.9. The zero-order valence-electron chi connectivity index (χ0n) is 19.0. The van der Waals surface area contributed by atoms with Crippen molar-refractivity contribution in [3.05, 3.63) is 69.1 Å². The Morgan fingerprint density at radius 3 is 2.38 bits per heavy atom. The third kappa shape index (κ3) is 4.25. The number of nitrogens with zero attached hydrogens (tertiary/aromatic N) is 2. The van der Waals surface area contributed by atoms with E-state index < -0.39 is 0 Å². The highest BCUT2D eigenvalue weighted by atomic mass is 16.7. The maximum atomic E-state index is 12.2. The minimum absolute atomic E-state index is 0.273. The number of benzene rings is 2. The minimum Gasteiger partial charge on any atom is -0.454 e. The second kappa shape index (κ2) is 8.60. The molecule has 6 nitrogen and oxygen atoms in total. The summed E-state index contributed by atoms with van der Waals surface area (Å²) in [7, 11) is 0. The molecule has 168 valence electrons. The predicted octanol–water partition coefficient (Wildman–Crippen LogP) is 4.27. The Balaban J connectivity index is 1.27. The highest BCUT2D eigenvalue weighted by Crippen LogP contribution is 2.33. The van der Waals surface area contributed by atoms with Crippen molar-refractivity contribution in [1.82, 2.24) is 9.80 Å². The molecule has 2 aliphatic rings. The molecule has 0 bridgehead atoms. The van der Waals surface area contributed by atoms with E-state index in [4.69, 9.17) is 13.9 Å². The van der Waals surface area contributed by atoms with Crippen LogP contribution in [0.4, 0.5) is 0 Å². The van der Waals surface area contributed by atoms with Gasteiger partial charge >= 0.3 is 5.63 Å². The fourth-order valence-electron chi connectivity index (χ4n) is 4.79. The quantitative estimate of drug-likeness (QED) is 0.559. The Hall–Kier alpha value is -2.83. The van der Waals surface area contributed by atoms with Crippen LogP contribution in [-0.4, -0.2) is 42.8 Å². The van der Waals surface area contributed by atoms with Crippen molar-refractivity contribution >= 4 is 11.0 Å². The summed E-state index contributed by atoms with van der Waals surface area (Å²) in [4.78, 5) is 17.1. The Bertz CT molecular complexity index is 1190. The molecule has 1 aromatic heterocycles. The standard InChI is InChI=1S/C26H30N2O4/c1-17(2)21-13-22-20(12-26(29)32-24(22)10-18(21)3)15-28-8-6-27(7-9-28)14-19-4-5-23-25(11-19)31-16-30-23/h4-5,10-13,17H,6-9,14-16H2,1-3H3. The molecule has 0 radical (unpaired) electrons. The Kier molecular flexibility index (Phi) is 5.66. The van der Waals surface area contributed by atoms with Gasteiger partial charge in [0.05, 0.1) is 0 Å². The molecule has 2 aromatic carbocycles. The Morgan fingerprint density at radius 2 is 1.62 bits per heavy atom. The summed E-state index contributed by atoms with van der Waals surface area (Å²) in [5.74, 6) is 2.10. The average Bonchev–Trinajstić information content (AvgIpc) is 3.22. The van der Waals surface area contributed by atoms with Crippen molar-refractivity contribution in [3.8, 4) is 11.5 Å². The molecule has 5 rings (SSSR count). The fraction of sp³-hybridized carbons (Fsp3) is 0.423. The lowest BCUT2D eigenvalue weighted by Gasteiger charge is -2.35.